The fourth-order valence-electron chi connectivity index (χ4n) is 2.94. The van der Waals surface area contributed by atoms with Crippen LogP contribution < -0.4 is 19.7 Å². The van der Waals surface area contributed by atoms with Gasteiger partial charge in [0.25, 0.3) is 5.91 Å². The number of carbonyl (C=O) groups is 1. The summed E-state index contributed by atoms with van der Waals surface area (Å²) in [5, 5.41) is 2.86. The van der Waals surface area contributed by atoms with E-state index in [1.165, 1.54) is 11.0 Å². The Morgan fingerprint density at radius 3 is 2.68 bits per heavy atom. The Morgan fingerprint density at radius 1 is 1.25 bits per heavy atom. The van der Waals surface area contributed by atoms with Crippen LogP contribution in [0, 0.1) is 6.92 Å². The molecule has 0 aromatic heterocycles. The number of amides is 1. The van der Waals surface area contributed by atoms with Crippen molar-refractivity contribution in [2.75, 3.05) is 52.5 Å². The van der Waals surface area contributed by atoms with Gasteiger partial charge in [-0.25, -0.2) is 13.1 Å². The lowest BCUT2D eigenvalue weighted by atomic mass is 10.2. The first-order valence-electron chi connectivity index (χ1n) is 9.83. The molecular weight excluding hydrogens is 382 g/mol. The number of benzene rings is 1. The zero-order chi connectivity index (χ0) is 20.4. The van der Waals surface area contributed by atoms with Gasteiger partial charge in [0.2, 0.25) is 10.0 Å². The Kier molecular flexibility index (Phi) is 9.17. The first-order chi connectivity index (χ1) is 13.4. The summed E-state index contributed by atoms with van der Waals surface area (Å²) in [7, 11) is -3.51. The van der Waals surface area contributed by atoms with E-state index in [0.717, 1.165) is 45.7 Å². The second-order valence-corrected chi connectivity index (χ2v) is 8.70. The van der Waals surface area contributed by atoms with Gasteiger partial charge in [0.15, 0.2) is 6.61 Å². The minimum atomic E-state index is -3.51. The summed E-state index contributed by atoms with van der Waals surface area (Å²) in [5.74, 6) is 0.319. The Bertz CT molecular complexity index is 733. The molecule has 1 saturated heterocycles. The van der Waals surface area contributed by atoms with Gasteiger partial charge in [-0.2, -0.15) is 0 Å². The average molecular weight is 415 g/mol. The van der Waals surface area contributed by atoms with Gasteiger partial charge in [-0.1, -0.05) is 6.92 Å². The van der Waals surface area contributed by atoms with Gasteiger partial charge >= 0.3 is 0 Å². The zero-order valence-corrected chi connectivity index (χ0v) is 17.6. The van der Waals surface area contributed by atoms with E-state index < -0.39 is 10.0 Å². The lowest BCUT2D eigenvalue weighted by molar-refractivity contribution is -0.908. The van der Waals surface area contributed by atoms with Gasteiger partial charge in [0.1, 0.15) is 18.8 Å². The highest BCUT2D eigenvalue weighted by atomic mass is 32.2. The number of ether oxygens (including phenoxy) is 2. The summed E-state index contributed by atoms with van der Waals surface area (Å²) in [6.07, 6.45) is 1.64. The van der Waals surface area contributed by atoms with Crippen LogP contribution in [0.3, 0.4) is 0 Å². The fourth-order valence-corrected chi connectivity index (χ4v) is 4.16. The summed E-state index contributed by atoms with van der Waals surface area (Å²) >= 11 is 0. The third-order valence-electron chi connectivity index (χ3n) is 4.59. The summed E-state index contributed by atoms with van der Waals surface area (Å²) in [5.41, 5.74) is 0.670. The largest absolute Gasteiger partial charge is 0.484 e. The van der Waals surface area contributed by atoms with Crippen molar-refractivity contribution in [3.05, 3.63) is 23.8 Å². The van der Waals surface area contributed by atoms with Gasteiger partial charge in [-0.3, -0.25) is 4.79 Å². The molecule has 1 aliphatic rings. The highest BCUT2D eigenvalue weighted by molar-refractivity contribution is 7.89. The van der Waals surface area contributed by atoms with Crippen LogP contribution in [0.5, 0.6) is 5.75 Å². The van der Waals surface area contributed by atoms with Crippen molar-refractivity contribution in [2.45, 2.75) is 31.6 Å². The molecule has 1 fully saturated rings. The van der Waals surface area contributed by atoms with E-state index >= 15 is 0 Å². The normalized spacial score (nSPS) is 15.4. The highest BCUT2D eigenvalue weighted by Gasteiger charge is 2.15. The molecule has 1 aromatic carbocycles. The molecule has 1 aliphatic heterocycles. The summed E-state index contributed by atoms with van der Waals surface area (Å²) < 4.78 is 37.7. The number of aryl methyl sites for hydroxylation is 1. The van der Waals surface area contributed by atoms with Crippen molar-refractivity contribution in [1.82, 2.24) is 10.0 Å². The molecule has 0 spiro atoms. The third kappa shape index (κ3) is 7.38. The van der Waals surface area contributed by atoms with Gasteiger partial charge < -0.3 is 19.7 Å². The number of carbonyl (C=O) groups excluding carboxylic acids is 1. The Hall–Kier alpha value is -1.68. The molecule has 1 amide bonds. The van der Waals surface area contributed by atoms with Crippen LogP contribution >= 0.6 is 0 Å². The predicted molar refractivity (Wildman–Crippen MR) is 106 cm³/mol. The van der Waals surface area contributed by atoms with Crippen LogP contribution in [-0.2, 0) is 19.6 Å². The van der Waals surface area contributed by atoms with Crippen LogP contribution in [0.15, 0.2) is 23.1 Å². The maximum atomic E-state index is 12.2. The number of quaternary nitrogens is 1. The molecule has 3 N–H and O–H groups in total. The molecule has 158 valence electrons. The number of hydrogen-bond acceptors (Lipinski definition) is 5. The number of nitrogens with one attached hydrogen (secondary N) is 3. The molecule has 9 heteroatoms. The molecular formula is C19H32N3O5S+. The molecule has 28 heavy (non-hydrogen) atoms. The molecule has 0 radical (unpaired) electrons. The van der Waals surface area contributed by atoms with Crippen molar-refractivity contribution >= 4 is 15.9 Å². The minimum Gasteiger partial charge on any atom is -0.484 e. The third-order valence-corrected chi connectivity index (χ3v) is 6.05. The van der Waals surface area contributed by atoms with E-state index in [4.69, 9.17) is 9.47 Å². The molecule has 2 rings (SSSR count). The van der Waals surface area contributed by atoms with Crippen LogP contribution in [-0.4, -0.2) is 66.9 Å². The molecule has 0 bridgehead atoms. The zero-order valence-electron chi connectivity index (χ0n) is 16.8. The quantitative estimate of drug-likeness (QED) is 0.424. The average Bonchev–Trinajstić information content (AvgIpc) is 2.69. The van der Waals surface area contributed by atoms with Crippen molar-refractivity contribution in [3.63, 3.8) is 0 Å². The van der Waals surface area contributed by atoms with Gasteiger partial charge in [0.05, 0.1) is 24.7 Å². The topological polar surface area (TPSA) is 98.2 Å². The van der Waals surface area contributed by atoms with Crippen molar-refractivity contribution in [1.29, 1.82) is 0 Å². The number of rotatable bonds is 11. The fraction of sp³-hybridized carbons (Fsp3) is 0.632. The van der Waals surface area contributed by atoms with Crippen LogP contribution in [0.1, 0.15) is 25.3 Å². The van der Waals surface area contributed by atoms with E-state index in [2.05, 4.69) is 10.0 Å². The molecule has 1 heterocycles. The Morgan fingerprint density at radius 2 is 2.00 bits per heavy atom. The molecule has 8 nitrogen and oxygen atoms in total. The van der Waals surface area contributed by atoms with Crippen LogP contribution in [0.4, 0.5) is 0 Å². The van der Waals surface area contributed by atoms with E-state index in [1.807, 2.05) is 6.92 Å². The van der Waals surface area contributed by atoms with Gasteiger partial charge in [-0.05, 0) is 37.1 Å². The second kappa shape index (κ2) is 11.4. The molecule has 1 aromatic rings. The smallest absolute Gasteiger partial charge is 0.257 e. The lowest BCUT2D eigenvalue weighted by Gasteiger charge is -2.23. The van der Waals surface area contributed by atoms with Crippen molar-refractivity contribution in [3.8, 4) is 5.75 Å². The van der Waals surface area contributed by atoms with Gasteiger partial charge in [0, 0.05) is 19.5 Å². The maximum absolute atomic E-state index is 12.2. The first-order valence-corrected chi connectivity index (χ1v) is 11.3. The van der Waals surface area contributed by atoms with E-state index in [-0.39, 0.29) is 17.4 Å². The SMILES string of the molecule is CCCNS(=O)(=O)c1ccc(OCC(=O)NCCC[NH+]2CCOCC2)c(C)c1. The first kappa shape index (κ1) is 22.6. The Balaban J connectivity index is 1.73. The summed E-state index contributed by atoms with van der Waals surface area (Å²) in [4.78, 5) is 13.7. The summed E-state index contributed by atoms with van der Waals surface area (Å²) in [6.45, 7) is 9.27. The minimum absolute atomic E-state index is 0.0918. The monoisotopic (exact) mass is 414 g/mol. The maximum Gasteiger partial charge on any atom is 0.257 e. The van der Waals surface area contributed by atoms with Gasteiger partial charge in [-0.15, -0.1) is 0 Å². The second-order valence-electron chi connectivity index (χ2n) is 6.93. The summed E-state index contributed by atoms with van der Waals surface area (Å²) in [6, 6.07) is 4.63. The Labute approximate surface area is 167 Å². The molecule has 0 saturated carbocycles. The van der Waals surface area contributed by atoms with Crippen LogP contribution in [0.2, 0.25) is 0 Å². The number of hydrogen-bond donors (Lipinski definition) is 3. The number of morpholine rings is 1. The molecule has 0 unspecified atom stereocenters. The number of sulfonamides is 1. The predicted octanol–water partition coefficient (Wildman–Crippen LogP) is -0.516. The van der Waals surface area contributed by atoms with E-state index in [1.54, 1.807) is 19.1 Å². The van der Waals surface area contributed by atoms with Crippen LogP contribution in [0.25, 0.3) is 0 Å². The lowest BCUT2D eigenvalue weighted by Crippen LogP contribution is -3.14. The van der Waals surface area contributed by atoms with E-state index in [9.17, 15) is 13.2 Å². The highest BCUT2D eigenvalue weighted by Crippen LogP contribution is 2.21. The van der Waals surface area contributed by atoms with E-state index in [0.29, 0.717) is 24.4 Å². The van der Waals surface area contributed by atoms with Crippen molar-refractivity contribution < 1.29 is 27.6 Å². The van der Waals surface area contributed by atoms with Crippen molar-refractivity contribution in [2.24, 2.45) is 0 Å². The molecule has 0 atom stereocenters. The standard InChI is InChI=1S/C19H31N3O5S/c1-3-7-21-28(24,25)17-5-6-18(16(2)14-17)27-15-19(23)20-8-4-9-22-10-12-26-13-11-22/h5-6,14,21H,3-4,7-13,15H2,1-2H3,(H,20,23)/p+1. The molecule has 0 aliphatic carbocycles.